The van der Waals surface area contributed by atoms with Gasteiger partial charge in [-0.25, -0.2) is 4.79 Å². The molecule has 2 unspecified atom stereocenters. The molecule has 1 aliphatic carbocycles. The summed E-state index contributed by atoms with van der Waals surface area (Å²) in [7, 11) is 4.36. The molecule has 1 aromatic heterocycles. The SMILES string of the molecule is CCOC(=O)NCC1C(CN(C)[C@H]2CCCc3cccnc32)N=C2C=CC=C(N3CCN(C)CC3)N21. The fourth-order valence-corrected chi connectivity index (χ4v) is 5.86. The van der Waals surface area contributed by atoms with Gasteiger partial charge in [-0.3, -0.25) is 14.9 Å². The monoisotopic (exact) mass is 493 g/mol. The van der Waals surface area contributed by atoms with Crippen molar-refractivity contribution in [3.8, 4) is 0 Å². The predicted molar refractivity (Wildman–Crippen MR) is 141 cm³/mol. The van der Waals surface area contributed by atoms with Crippen molar-refractivity contribution in [1.29, 1.82) is 0 Å². The van der Waals surface area contributed by atoms with Crippen LogP contribution in [0.15, 0.2) is 47.4 Å². The second kappa shape index (κ2) is 11.0. The average Bonchev–Trinajstić information content (AvgIpc) is 3.24. The molecule has 9 heteroatoms. The Kier molecular flexibility index (Phi) is 7.57. The van der Waals surface area contributed by atoms with Crippen LogP contribution in [-0.2, 0) is 11.2 Å². The van der Waals surface area contributed by atoms with Crippen LogP contribution in [0.4, 0.5) is 4.79 Å². The number of ether oxygens (including phenoxy) is 1. The second-order valence-electron chi connectivity index (χ2n) is 10.2. The molecule has 194 valence electrons. The van der Waals surface area contributed by atoms with Crippen molar-refractivity contribution >= 4 is 11.9 Å². The van der Waals surface area contributed by atoms with Crippen molar-refractivity contribution in [2.45, 2.75) is 44.3 Å². The van der Waals surface area contributed by atoms with E-state index in [9.17, 15) is 4.79 Å². The highest BCUT2D eigenvalue weighted by molar-refractivity contribution is 5.97. The van der Waals surface area contributed by atoms with Gasteiger partial charge in [-0.05, 0) is 64.1 Å². The van der Waals surface area contributed by atoms with Crippen LogP contribution in [0.3, 0.4) is 0 Å². The fraction of sp³-hybridized carbons (Fsp3) is 0.593. The molecule has 0 spiro atoms. The van der Waals surface area contributed by atoms with Gasteiger partial charge < -0.3 is 24.8 Å². The zero-order valence-electron chi connectivity index (χ0n) is 21.8. The van der Waals surface area contributed by atoms with Gasteiger partial charge in [-0.2, -0.15) is 0 Å². The molecule has 1 amide bonds. The lowest BCUT2D eigenvalue weighted by Gasteiger charge is -2.42. The van der Waals surface area contributed by atoms with Crippen molar-refractivity contribution in [1.82, 2.24) is 29.9 Å². The minimum Gasteiger partial charge on any atom is -0.450 e. The normalized spacial score (nSPS) is 25.8. The molecule has 1 saturated heterocycles. The Morgan fingerprint density at radius 2 is 2.11 bits per heavy atom. The van der Waals surface area contributed by atoms with E-state index in [4.69, 9.17) is 14.7 Å². The summed E-state index contributed by atoms with van der Waals surface area (Å²) in [5.41, 5.74) is 2.56. The summed E-state index contributed by atoms with van der Waals surface area (Å²) in [6, 6.07) is 4.56. The molecule has 1 fully saturated rings. The number of likely N-dealkylation sites (N-methyl/N-ethyl adjacent to an activating group) is 2. The first-order chi connectivity index (χ1) is 17.5. The maximum atomic E-state index is 12.2. The Bertz CT molecular complexity index is 1030. The van der Waals surface area contributed by atoms with Crippen molar-refractivity contribution < 1.29 is 9.53 Å². The van der Waals surface area contributed by atoms with Gasteiger partial charge >= 0.3 is 6.09 Å². The summed E-state index contributed by atoms with van der Waals surface area (Å²) in [6.07, 6.45) is 11.3. The van der Waals surface area contributed by atoms with E-state index >= 15 is 0 Å². The number of hydrogen-bond donors (Lipinski definition) is 1. The number of rotatable bonds is 7. The number of alkyl carbamates (subject to hydrolysis) is 1. The van der Waals surface area contributed by atoms with Gasteiger partial charge in [-0.15, -0.1) is 0 Å². The largest absolute Gasteiger partial charge is 0.450 e. The predicted octanol–water partition coefficient (Wildman–Crippen LogP) is 2.25. The fourth-order valence-electron chi connectivity index (χ4n) is 5.86. The Hall–Kier alpha value is -2.91. The number of aryl methyl sites for hydroxylation is 1. The number of hydrogen-bond acceptors (Lipinski definition) is 8. The van der Waals surface area contributed by atoms with Gasteiger partial charge in [0.2, 0.25) is 0 Å². The van der Waals surface area contributed by atoms with E-state index in [1.165, 1.54) is 23.5 Å². The number of amidine groups is 1. The quantitative estimate of drug-likeness (QED) is 0.624. The number of piperazine rings is 1. The lowest BCUT2D eigenvalue weighted by atomic mass is 9.90. The molecule has 0 saturated carbocycles. The molecule has 0 aromatic carbocycles. The van der Waals surface area contributed by atoms with Gasteiger partial charge in [0.15, 0.2) is 0 Å². The number of pyridine rings is 1. The van der Waals surface area contributed by atoms with E-state index in [0.717, 1.165) is 51.4 Å². The highest BCUT2D eigenvalue weighted by Gasteiger charge is 2.41. The van der Waals surface area contributed by atoms with Crippen molar-refractivity contribution in [3.63, 3.8) is 0 Å². The maximum Gasteiger partial charge on any atom is 0.407 e. The first-order valence-corrected chi connectivity index (χ1v) is 13.3. The van der Waals surface area contributed by atoms with E-state index in [-0.39, 0.29) is 24.2 Å². The minimum absolute atomic E-state index is 0.00880. The number of aromatic nitrogens is 1. The molecule has 0 bridgehead atoms. The third kappa shape index (κ3) is 5.13. The van der Waals surface area contributed by atoms with Crippen LogP contribution in [0.25, 0.3) is 0 Å². The van der Waals surface area contributed by atoms with Gasteiger partial charge in [0.1, 0.15) is 11.7 Å². The first-order valence-electron chi connectivity index (χ1n) is 13.3. The summed E-state index contributed by atoms with van der Waals surface area (Å²) in [5, 5.41) is 3.00. The van der Waals surface area contributed by atoms with E-state index in [1.54, 1.807) is 0 Å². The molecular formula is C27H39N7O2. The summed E-state index contributed by atoms with van der Waals surface area (Å²) < 4.78 is 5.17. The lowest BCUT2D eigenvalue weighted by Crippen LogP contribution is -2.54. The summed E-state index contributed by atoms with van der Waals surface area (Å²) in [5.74, 6) is 2.15. The van der Waals surface area contributed by atoms with E-state index in [1.807, 2.05) is 19.2 Å². The smallest absolute Gasteiger partial charge is 0.407 e. The van der Waals surface area contributed by atoms with Crippen LogP contribution in [0.1, 0.15) is 37.1 Å². The molecule has 9 nitrogen and oxygen atoms in total. The minimum atomic E-state index is -0.374. The van der Waals surface area contributed by atoms with E-state index < -0.39 is 0 Å². The number of allylic oxidation sites excluding steroid dienone is 2. The standard InChI is InChI=1S/C27H39N7O2/c1-4-36-27(35)29-18-23-21(19-32(3)22-10-5-8-20-9-7-13-28-26(20)22)30-24-11-6-12-25(34(23)24)33-16-14-31(2)15-17-33/h6-7,9,11-13,21-23H,4-5,8,10,14-19H2,1-3H3,(H,29,35)/t21?,22-,23?/m0/s1. The van der Waals surface area contributed by atoms with Crippen molar-refractivity contribution in [2.24, 2.45) is 4.99 Å². The topological polar surface area (TPSA) is 76.5 Å². The molecular weight excluding hydrogens is 454 g/mol. The molecule has 36 heavy (non-hydrogen) atoms. The highest BCUT2D eigenvalue weighted by atomic mass is 16.5. The van der Waals surface area contributed by atoms with Crippen molar-refractivity contribution in [3.05, 3.63) is 53.6 Å². The Morgan fingerprint density at radius 1 is 1.28 bits per heavy atom. The number of aliphatic imine (C=N–C) groups is 1. The Balaban J connectivity index is 1.36. The molecule has 3 atom stereocenters. The molecule has 3 aliphatic heterocycles. The number of amides is 1. The number of nitrogens with one attached hydrogen (secondary N) is 1. The lowest BCUT2D eigenvalue weighted by molar-refractivity contribution is 0.132. The molecule has 0 radical (unpaired) electrons. The Morgan fingerprint density at radius 3 is 2.92 bits per heavy atom. The van der Waals surface area contributed by atoms with Gasteiger partial charge in [0.05, 0.1) is 30.4 Å². The zero-order chi connectivity index (χ0) is 25.1. The van der Waals surface area contributed by atoms with Crippen LogP contribution in [-0.4, -0.2) is 109 Å². The molecule has 4 aliphatic rings. The second-order valence-corrected chi connectivity index (χ2v) is 10.2. The van der Waals surface area contributed by atoms with Gasteiger partial charge in [0.25, 0.3) is 0 Å². The third-order valence-electron chi connectivity index (χ3n) is 7.79. The summed E-state index contributed by atoms with van der Waals surface area (Å²) >= 11 is 0. The molecule has 1 N–H and O–H groups in total. The van der Waals surface area contributed by atoms with Crippen LogP contribution >= 0.6 is 0 Å². The Labute approximate surface area is 214 Å². The molecule has 4 heterocycles. The number of fused-ring (bicyclic) bond motifs is 2. The third-order valence-corrected chi connectivity index (χ3v) is 7.79. The zero-order valence-corrected chi connectivity index (χ0v) is 21.8. The van der Waals surface area contributed by atoms with Crippen LogP contribution in [0, 0.1) is 0 Å². The first kappa shape index (κ1) is 24.8. The highest BCUT2D eigenvalue weighted by Crippen LogP contribution is 2.34. The average molecular weight is 494 g/mol. The molecule has 1 aromatic rings. The van der Waals surface area contributed by atoms with Crippen LogP contribution in [0.5, 0.6) is 0 Å². The van der Waals surface area contributed by atoms with Crippen LogP contribution < -0.4 is 5.32 Å². The van der Waals surface area contributed by atoms with Gasteiger partial charge in [0, 0.05) is 45.5 Å². The van der Waals surface area contributed by atoms with E-state index in [0.29, 0.717) is 13.2 Å². The van der Waals surface area contributed by atoms with Gasteiger partial charge in [-0.1, -0.05) is 12.1 Å². The maximum absolute atomic E-state index is 12.2. The number of carbonyl (C=O) groups excluding carboxylic acids is 1. The number of carbonyl (C=O) groups is 1. The summed E-state index contributed by atoms with van der Waals surface area (Å²) in [4.78, 5) is 31.7. The summed E-state index contributed by atoms with van der Waals surface area (Å²) in [6.45, 7) is 7.48. The number of nitrogens with zero attached hydrogens (tertiary/aromatic N) is 6. The molecule has 5 rings (SSSR count). The van der Waals surface area contributed by atoms with Crippen molar-refractivity contribution in [2.75, 3.05) is 60.0 Å². The van der Waals surface area contributed by atoms with Crippen LogP contribution in [0.2, 0.25) is 0 Å². The van der Waals surface area contributed by atoms with E-state index in [2.05, 4.69) is 63.3 Å².